The van der Waals surface area contributed by atoms with Crippen LogP contribution in [0, 0.1) is 20.9 Å². The Kier molecular flexibility index (Phi) is 4.59. The Morgan fingerprint density at radius 3 is 2.59 bits per heavy atom. The number of ether oxygens (including phenoxy) is 1. The molecule has 2 fully saturated rings. The Morgan fingerprint density at radius 2 is 1.93 bits per heavy atom. The van der Waals surface area contributed by atoms with Gasteiger partial charge in [0.25, 0.3) is 0 Å². The fraction of sp³-hybridized carbons (Fsp3) is 0.524. The molecule has 1 aliphatic carbocycles. The van der Waals surface area contributed by atoms with Crippen molar-refractivity contribution in [1.82, 2.24) is 9.97 Å². The molecule has 2 aliphatic rings. The van der Waals surface area contributed by atoms with Gasteiger partial charge in [-0.25, -0.2) is 9.97 Å². The Hall–Kier alpha value is -2.90. The summed E-state index contributed by atoms with van der Waals surface area (Å²) in [6.45, 7) is 7.63. The molecule has 2 heterocycles. The highest BCUT2D eigenvalue weighted by Crippen LogP contribution is 2.54. The average molecular weight is 397 g/mol. The van der Waals surface area contributed by atoms with Crippen LogP contribution in [0.3, 0.4) is 0 Å². The maximum absolute atomic E-state index is 12.0. The van der Waals surface area contributed by atoms with Gasteiger partial charge in [-0.3, -0.25) is 10.1 Å². The standard InChI is InChI=1S/C21H27N5O3/c1-20(2)9-15-10-21(3,11-20)12-25(15)19-17(26(27)28)18(22-13-23-19)24-14-5-7-16(29-4)8-6-14/h5-8,13,15H,9-12H2,1-4H3,(H,22,23,24). The number of nitrogens with one attached hydrogen (secondary N) is 1. The number of fused-ring (bicyclic) bond motifs is 2. The summed E-state index contributed by atoms with van der Waals surface area (Å²) >= 11 is 0. The van der Waals surface area contributed by atoms with Crippen LogP contribution >= 0.6 is 0 Å². The quantitative estimate of drug-likeness (QED) is 0.584. The molecule has 0 amide bonds. The number of anilines is 3. The zero-order valence-electron chi connectivity index (χ0n) is 17.3. The highest BCUT2D eigenvalue weighted by atomic mass is 16.6. The first kappa shape index (κ1) is 19.4. The zero-order chi connectivity index (χ0) is 20.8. The molecule has 154 valence electrons. The average Bonchev–Trinajstić information content (AvgIpc) is 2.90. The molecule has 1 saturated heterocycles. The molecule has 1 aliphatic heterocycles. The van der Waals surface area contributed by atoms with Crippen molar-refractivity contribution in [3.63, 3.8) is 0 Å². The molecule has 2 atom stereocenters. The molecule has 2 unspecified atom stereocenters. The highest BCUT2D eigenvalue weighted by molar-refractivity contribution is 5.75. The van der Waals surface area contributed by atoms with Crippen molar-refractivity contribution in [1.29, 1.82) is 0 Å². The molecular weight excluding hydrogens is 370 g/mol. The van der Waals surface area contributed by atoms with Crippen LogP contribution in [0.1, 0.15) is 40.0 Å². The number of hydrogen-bond donors (Lipinski definition) is 1. The predicted octanol–water partition coefficient (Wildman–Crippen LogP) is 4.54. The summed E-state index contributed by atoms with van der Waals surface area (Å²) in [6.07, 6.45) is 4.57. The first-order valence-corrected chi connectivity index (χ1v) is 9.87. The first-order valence-electron chi connectivity index (χ1n) is 9.87. The van der Waals surface area contributed by atoms with Gasteiger partial charge in [0.15, 0.2) is 0 Å². The van der Waals surface area contributed by atoms with Crippen LogP contribution in [0.5, 0.6) is 5.75 Å². The van der Waals surface area contributed by atoms with E-state index in [1.807, 2.05) is 0 Å². The monoisotopic (exact) mass is 397 g/mol. The molecule has 1 aromatic heterocycles. The Balaban J connectivity index is 1.70. The second kappa shape index (κ2) is 6.86. The number of rotatable bonds is 5. The lowest BCUT2D eigenvalue weighted by Gasteiger charge is -2.39. The summed E-state index contributed by atoms with van der Waals surface area (Å²) in [4.78, 5) is 22.3. The number of aromatic nitrogens is 2. The van der Waals surface area contributed by atoms with Crippen molar-refractivity contribution >= 4 is 23.0 Å². The van der Waals surface area contributed by atoms with Crippen molar-refractivity contribution in [3.05, 3.63) is 40.7 Å². The maximum Gasteiger partial charge on any atom is 0.353 e. The van der Waals surface area contributed by atoms with E-state index in [9.17, 15) is 10.1 Å². The van der Waals surface area contributed by atoms with E-state index in [4.69, 9.17) is 4.74 Å². The third kappa shape index (κ3) is 3.71. The van der Waals surface area contributed by atoms with Gasteiger partial charge in [-0.05, 0) is 54.4 Å². The van der Waals surface area contributed by atoms with Gasteiger partial charge in [-0.2, -0.15) is 0 Å². The minimum absolute atomic E-state index is 0.0720. The molecule has 8 heteroatoms. The lowest BCUT2D eigenvalue weighted by atomic mass is 9.65. The van der Waals surface area contributed by atoms with Crippen LogP contribution < -0.4 is 15.0 Å². The van der Waals surface area contributed by atoms with E-state index in [1.54, 1.807) is 31.4 Å². The van der Waals surface area contributed by atoms with Crippen LogP contribution in [0.15, 0.2) is 30.6 Å². The van der Waals surface area contributed by atoms with E-state index < -0.39 is 0 Å². The van der Waals surface area contributed by atoms with Gasteiger partial charge in [0, 0.05) is 18.3 Å². The number of benzene rings is 1. The normalized spacial score (nSPS) is 25.0. The van der Waals surface area contributed by atoms with Crippen LogP contribution in [0.25, 0.3) is 0 Å². The molecule has 1 N–H and O–H groups in total. The third-order valence-corrected chi connectivity index (χ3v) is 6.03. The molecule has 8 nitrogen and oxygen atoms in total. The molecule has 2 aromatic rings. The topological polar surface area (TPSA) is 93.4 Å². The number of nitrogens with zero attached hydrogens (tertiary/aromatic N) is 4. The largest absolute Gasteiger partial charge is 0.497 e. The fourth-order valence-corrected chi connectivity index (χ4v) is 5.36. The van der Waals surface area contributed by atoms with E-state index in [-0.39, 0.29) is 33.3 Å². The van der Waals surface area contributed by atoms with Crippen LogP contribution in [-0.2, 0) is 0 Å². The second-order valence-electron chi connectivity index (χ2n) is 9.35. The van der Waals surface area contributed by atoms with E-state index in [2.05, 4.69) is 41.0 Å². The van der Waals surface area contributed by atoms with Crippen molar-refractivity contribution in [3.8, 4) is 5.75 Å². The minimum atomic E-state index is -0.378. The summed E-state index contributed by atoms with van der Waals surface area (Å²) in [5, 5.41) is 15.1. The van der Waals surface area contributed by atoms with Gasteiger partial charge in [-0.15, -0.1) is 0 Å². The van der Waals surface area contributed by atoms with Gasteiger partial charge in [0.2, 0.25) is 11.6 Å². The molecule has 0 spiro atoms. The molecule has 1 aromatic carbocycles. The lowest BCUT2D eigenvalue weighted by Crippen LogP contribution is -2.35. The first-order chi connectivity index (χ1) is 13.7. The summed E-state index contributed by atoms with van der Waals surface area (Å²) < 4.78 is 5.17. The van der Waals surface area contributed by atoms with Gasteiger partial charge >= 0.3 is 5.69 Å². The Labute approximate surface area is 170 Å². The van der Waals surface area contributed by atoms with E-state index >= 15 is 0 Å². The molecule has 4 rings (SSSR count). The van der Waals surface area contributed by atoms with E-state index in [1.165, 1.54) is 6.33 Å². The van der Waals surface area contributed by atoms with Gasteiger partial charge in [0.05, 0.1) is 12.0 Å². The smallest absolute Gasteiger partial charge is 0.353 e. The van der Waals surface area contributed by atoms with Gasteiger partial charge in [-0.1, -0.05) is 20.8 Å². The van der Waals surface area contributed by atoms with Crippen LogP contribution in [-0.4, -0.2) is 34.6 Å². The van der Waals surface area contributed by atoms with Crippen LogP contribution in [0.4, 0.5) is 23.0 Å². The van der Waals surface area contributed by atoms with E-state index in [0.29, 0.717) is 17.3 Å². The summed E-state index contributed by atoms with van der Waals surface area (Å²) in [5.41, 5.74) is 0.997. The van der Waals surface area contributed by atoms with E-state index in [0.717, 1.165) is 25.8 Å². The summed E-state index contributed by atoms with van der Waals surface area (Å²) in [5.74, 6) is 1.33. The summed E-state index contributed by atoms with van der Waals surface area (Å²) in [6, 6.07) is 7.45. The van der Waals surface area contributed by atoms with Crippen molar-refractivity contribution < 1.29 is 9.66 Å². The molecule has 2 bridgehead atoms. The van der Waals surface area contributed by atoms with Gasteiger partial charge < -0.3 is 15.0 Å². The van der Waals surface area contributed by atoms with Gasteiger partial charge in [0.1, 0.15) is 12.1 Å². The zero-order valence-corrected chi connectivity index (χ0v) is 17.3. The molecule has 1 saturated carbocycles. The Bertz CT molecular complexity index is 930. The van der Waals surface area contributed by atoms with Crippen LogP contribution in [0.2, 0.25) is 0 Å². The van der Waals surface area contributed by atoms with Crippen molar-refractivity contribution in [2.24, 2.45) is 10.8 Å². The Morgan fingerprint density at radius 1 is 1.21 bits per heavy atom. The minimum Gasteiger partial charge on any atom is -0.497 e. The summed E-state index contributed by atoms with van der Waals surface area (Å²) in [7, 11) is 1.60. The lowest BCUT2D eigenvalue weighted by molar-refractivity contribution is -0.383. The predicted molar refractivity (Wildman–Crippen MR) is 112 cm³/mol. The molecular formula is C21H27N5O3. The molecule has 29 heavy (non-hydrogen) atoms. The second-order valence-corrected chi connectivity index (χ2v) is 9.35. The fourth-order valence-electron chi connectivity index (χ4n) is 5.36. The number of hydrogen-bond acceptors (Lipinski definition) is 7. The highest BCUT2D eigenvalue weighted by Gasteiger charge is 2.51. The maximum atomic E-state index is 12.0. The number of nitro groups is 1. The van der Waals surface area contributed by atoms with Crippen molar-refractivity contribution in [2.45, 2.75) is 46.1 Å². The SMILES string of the molecule is COc1ccc(Nc2ncnc(N3CC4(C)CC3CC(C)(C)C4)c2[N+](=O)[O-])cc1. The molecule has 0 radical (unpaired) electrons. The van der Waals surface area contributed by atoms with Crippen molar-refractivity contribution in [2.75, 3.05) is 23.9 Å². The third-order valence-electron chi connectivity index (χ3n) is 6.03. The number of methoxy groups -OCH3 is 1.